The molecule has 0 saturated carbocycles. The Morgan fingerprint density at radius 1 is 1.29 bits per heavy atom. The van der Waals surface area contributed by atoms with E-state index in [9.17, 15) is 9.59 Å². The van der Waals surface area contributed by atoms with Crippen molar-refractivity contribution < 1.29 is 19.8 Å². The molecule has 0 radical (unpaired) electrons. The zero-order valence-electron chi connectivity index (χ0n) is 9.30. The fourth-order valence-corrected chi connectivity index (χ4v) is 2.60. The fraction of sp³-hybridized carbons (Fsp3) is 0.600. The number of carboxylic acids is 2. The predicted octanol–water partition coefficient (Wildman–Crippen LogP) is 2.06. The topological polar surface area (TPSA) is 98.4 Å². The number of thioether (sulfide) groups is 1. The first-order valence-electron chi connectivity index (χ1n) is 4.86. The lowest BCUT2D eigenvalue weighted by Gasteiger charge is -2.19. The van der Waals surface area contributed by atoms with Crippen LogP contribution < -0.4 is 0 Å². The third kappa shape index (κ3) is 7.71. The smallest absolute Gasteiger partial charge is 0.303 e. The summed E-state index contributed by atoms with van der Waals surface area (Å²) in [4.78, 5) is 20.8. The van der Waals surface area contributed by atoms with Gasteiger partial charge in [0.25, 0.3) is 0 Å². The van der Waals surface area contributed by atoms with Crippen molar-refractivity contribution in [3.63, 3.8) is 0 Å². The van der Waals surface area contributed by atoms with Crippen LogP contribution in [0, 0.1) is 11.3 Å². The first-order valence-corrected chi connectivity index (χ1v) is 6.08. The van der Waals surface area contributed by atoms with Gasteiger partial charge < -0.3 is 10.2 Å². The van der Waals surface area contributed by atoms with E-state index < -0.39 is 16.7 Å². The Hall–Kier alpha value is -1.13. The molecule has 5 nitrogen and oxygen atoms in total. The number of nitriles is 1. The highest BCUT2D eigenvalue weighted by molar-refractivity contribution is 8.24. The maximum atomic E-state index is 10.4. The van der Waals surface area contributed by atoms with Crippen molar-refractivity contribution >= 4 is 40.1 Å². The van der Waals surface area contributed by atoms with Gasteiger partial charge in [-0.05, 0) is 19.8 Å². The Morgan fingerprint density at radius 3 is 2.24 bits per heavy atom. The molecule has 0 aliphatic rings. The lowest BCUT2D eigenvalue weighted by atomic mass is 10.1. The Bertz CT molecular complexity index is 364. The van der Waals surface area contributed by atoms with E-state index >= 15 is 0 Å². The predicted molar refractivity (Wildman–Crippen MR) is 67.9 cm³/mol. The first kappa shape index (κ1) is 15.9. The van der Waals surface area contributed by atoms with Crippen LogP contribution in [0.2, 0.25) is 0 Å². The van der Waals surface area contributed by atoms with Gasteiger partial charge in [-0.1, -0.05) is 24.0 Å². The van der Waals surface area contributed by atoms with Crippen molar-refractivity contribution in [2.75, 3.05) is 0 Å². The van der Waals surface area contributed by atoms with Crippen molar-refractivity contribution in [2.45, 2.75) is 37.4 Å². The zero-order valence-corrected chi connectivity index (χ0v) is 10.9. The molecule has 0 aromatic rings. The van der Waals surface area contributed by atoms with E-state index in [0.717, 1.165) is 11.8 Å². The van der Waals surface area contributed by atoms with E-state index in [1.54, 1.807) is 6.92 Å². The van der Waals surface area contributed by atoms with E-state index in [1.807, 2.05) is 6.07 Å². The quantitative estimate of drug-likeness (QED) is 0.686. The standard InChI is InChI=1S/C10H13NO4S2/c1-10(6-11,5-4-8(14)15)17-9(16)3-2-7(12)13/h2-5H2,1H3,(H,12,13)(H,14,15). The highest BCUT2D eigenvalue weighted by Crippen LogP contribution is 2.32. The minimum Gasteiger partial charge on any atom is -0.481 e. The maximum absolute atomic E-state index is 10.4. The average molecular weight is 275 g/mol. The molecular formula is C10H13NO4S2. The van der Waals surface area contributed by atoms with E-state index in [4.69, 9.17) is 27.7 Å². The molecule has 94 valence electrons. The number of hydrogen-bond acceptors (Lipinski definition) is 5. The monoisotopic (exact) mass is 275 g/mol. The van der Waals surface area contributed by atoms with Crippen LogP contribution >= 0.6 is 24.0 Å². The summed E-state index contributed by atoms with van der Waals surface area (Å²) >= 11 is 6.04. The van der Waals surface area contributed by atoms with Crippen LogP contribution in [0.25, 0.3) is 0 Å². The molecule has 0 amide bonds. The van der Waals surface area contributed by atoms with Crippen LogP contribution in [-0.4, -0.2) is 31.1 Å². The Kier molecular flexibility index (Phi) is 6.76. The van der Waals surface area contributed by atoms with Gasteiger partial charge in [0, 0.05) is 10.6 Å². The highest BCUT2D eigenvalue weighted by atomic mass is 32.2. The number of aliphatic carboxylic acids is 2. The molecule has 1 atom stereocenters. The van der Waals surface area contributed by atoms with Crippen molar-refractivity contribution in [3.05, 3.63) is 0 Å². The molecule has 0 aromatic heterocycles. The van der Waals surface area contributed by atoms with Gasteiger partial charge in [-0.3, -0.25) is 9.59 Å². The summed E-state index contributed by atoms with van der Waals surface area (Å²) < 4.78 is -0.490. The van der Waals surface area contributed by atoms with Gasteiger partial charge >= 0.3 is 11.9 Å². The second-order valence-corrected chi connectivity index (χ2v) is 5.95. The van der Waals surface area contributed by atoms with Crippen molar-refractivity contribution in [3.8, 4) is 6.07 Å². The summed E-state index contributed by atoms with van der Waals surface area (Å²) in [5, 5.41) is 26.0. The minimum atomic E-state index is -0.969. The number of hydrogen-bond donors (Lipinski definition) is 2. The molecule has 1 unspecified atom stereocenters. The van der Waals surface area contributed by atoms with Crippen LogP contribution in [-0.2, 0) is 9.59 Å². The van der Waals surface area contributed by atoms with Gasteiger partial charge in [0.1, 0.15) is 4.75 Å². The summed E-state index contributed by atoms with van der Waals surface area (Å²) in [6.07, 6.45) is 0.196. The summed E-state index contributed by atoms with van der Waals surface area (Å²) in [5.41, 5.74) is 0. The molecule has 2 N–H and O–H groups in total. The number of rotatable bonds is 7. The lowest BCUT2D eigenvalue weighted by Crippen LogP contribution is -2.21. The number of carbonyl (C=O) groups is 2. The normalized spacial score (nSPS) is 13.4. The van der Waals surface area contributed by atoms with Crippen molar-refractivity contribution in [1.82, 2.24) is 0 Å². The van der Waals surface area contributed by atoms with Crippen LogP contribution in [0.5, 0.6) is 0 Å². The summed E-state index contributed by atoms with van der Waals surface area (Å²) in [6.45, 7) is 1.60. The molecule has 0 spiro atoms. The van der Waals surface area contributed by atoms with Gasteiger partial charge in [-0.15, -0.1) is 0 Å². The summed E-state index contributed by atoms with van der Waals surface area (Å²) in [5.74, 6) is -1.92. The maximum Gasteiger partial charge on any atom is 0.303 e. The van der Waals surface area contributed by atoms with Gasteiger partial charge in [0.2, 0.25) is 0 Å². The molecular weight excluding hydrogens is 262 g/mol. The second-order valence-electron chi connectivity index (χ2n) is 3.60. The van der Waals surface area contributed by atoms with Gasteiger partial charge in [-0.2, -0.15) is 5.26 Å². The summed E-state index contributed by atoms with van der Waals surface area (Å²) in [6, 6.07) is 2.02. The molecule has 0 heterocycles. The Balaban J connectivity index is 4.28. The number of carboxylic acid groups (broad SMARTS) is 2. The first-order chi connectivity index (χ1) is 7.79. The van der Waals surface area contributed by atoms with Gasteiger partial charge in [0.05, 0.1) is 12.5 Å². The van der Waals surface area contributed by atoms with E-state index in [2.05, 4.69) is 0 Å². The third-order valence-corrected chi connectivity index (χ3v) is 3.57. The van der Waals surface area contributed by atoms with E-state index in [-0.39, 0.29) is 25.7 Å². The zero-order chi connectivity index (χ0) is 13.5. The average Bonchev–Trinajstić information content (AvgIpc) is 2.24. The lowest BCUT2D eigenvalue weighted by molar-refractivity contribution is -0.138. The van der Waals surface area contributed by atoms with E-state index in [0.29, 0.717) is 4.20 Å². The molecule has 0 aliphatic carbocycles. The summed E-state index contributed by atoms with van der Waals surface area (Å²) in [7, 11) is 0. The number of thiocarbonyl (C=S) groups is 1. The largest absolute Gasteiger partial charge is 0.481 e. The molecule has 0 fully saturated rings. The van der Waals surface area contributed by atoms with Gasteiger partial charge in [-0.25, -0.2) is 0 Å². The van der Waals surface area contributed by atoms with E-state index in [1.165, 1.54) is 0 Å². The van der Waals surface area contributed by atoms with Crippen LogP contribution in [0.4, 0.5) is 0 Å². The number of nitrogens with zero attached hydrogens (tertiary/aromatic N) is 1. The van der Waals surface area contributed by atoms with Crippen molar-refractivity contribution in [1.29, 1.82) is 5.26 Å². The Morgan fingerprint density at radius 2 is 1.82 bits per heavy atom. The van der Waals surface area contributed by atoms with Gasteiger partial charge in [0.15, 0.2) is 0 Å². The molecule has 0 saturated heterocycles. The van der Waals surface area contributed by atoms with Crippen LogP contribution in [0.15, 0.2) is 0 Å². The second kappa shape index (κ2) is 7.25. The highest BCUT2D eigenvalue weighted by Gasteiger charge is 2.27. The molecule has 7 heteroatoms. The van der Waals surface area contributed by atoms with Crippen LogP contribution in [0.3, 0.4) is 0 Å². The SMILES string of the molecule is CC(C#N)(CCC(=O)O)SC(=S)CCC(=O)O. The minimum absolute atomic E-state index is 0.0771. The van der Waals surface area contributed by atoms with Crippen molar-refractivity contribution in [2.24, 2.45) is 0 Å². The molecule has 0 rings (SSSR count). The molecule has 17 heavy (non-hydrogen) atoms. The Labute approximate surface area is 109 Å². The third-order valence-electron chi connectivity index (χ3n) is 1.93. The van der Waals surface area contributed by atoms with Crippen LogP contribution in [0.1, 0.15) is 32.6 Å². The fourth-order valence-electron chi connectivity index (χ4n) is 0.986. The molecule has 0 aliphatic heterocycles. The molecule has 0 bridgehead atoms. The molecule has 0 aromatic carbocycles.